The van der Waals surface area contributed by atoms with Crippen LogP contribution in [0.4, 0.5) is 0 Å². The zero-order chi connectivity index (χ0) is 15.6. The molecule has 5 unspecified atom stereocenters. The van der Waals surface area contributed by atoms with Gasteiger partial charge in [-0.1, -0.05) is 12.1 Å². The molecule has 23 heavy (non-hydrogen) atoms. The molecule has 0 aromatic heterocycles. The van der Waals surface area contributed by atoms with Gasteiger partial charge in [0.25, 0.3) is 0 Å². The van der Waals surface area contributed by atoms with Crippen LogP contribution in [0.2, 0.25) is 0 Å². The van der Waals surface area contributed by atoms with Crippen LogP contribution >= 0.6 is 0 Å². The average molecular weight is 309 g/mol. The first-order chi connectivity index (χ1) is 11.2. The minimum atomic E-state index is -0.0469. The van der Waals surface area contributed by atoms with Crippen LogP contribution in [0.25, 0.3) is 0 Å². The third-order valence-corrected chi connectivity index (χ3v) is 6.90. The summed E-state index contributed by atoms with van der Waals surface area (Å²) >= 11 is 0. The molecule has 1 saturated heterocycles. The highest BCUT2D eigenvalue weighted by atomic mass is 16.6. The second kappa shape index (κ2) is 3.44. The fraction of sp³-hybridized carbons (Fsp3) is 0.474. The first-order valence-electron chi connectivity index (χ1n) is 8.23. The van der Waals surface area contributed by atoms with Crippen LogP contribution in [0, 0.1) is 0 Å². The summed E-state index contributed by atoms with van der Waals surface area (Å²) in [5.41, 5.74) is 4.53. The standard InChI is InChI=1S/C19H19NO3/c1-20-16-11-5-7-13(22-3)17-19(11)9-18(16,20)8-10-4-6-12(21-2)15(23-17)14(10)19/h4-7,16-17H,8-9H2,1-3H3. The summed E-state index contributed by atoms with van der Waals surface area (Å²) in [5, 5.41) is 0. The molecule has 2 bridgehead atoms. The molecule has 2 heterocycles. The van der Waals surface area contributed by atoms with Crippen molar-refractivity contribution in [2.24, 2.45) is 0 Å². The van der Waals surface area contributed by atoms with Gasteiger partial charge in [0, 0.05) is 11.1 Å². The van der Waals surface area contributed by atoms with Crippen molar-refractivity contribution in [1.82, 2.24) is 4.90 Å². The van der Waals surface area contributed by atoms with Crippen LogP contribution in [-0.2, 0) is 16.6 Å². The van der Waals surface area contributed by atoms with Crippen LogP contribution in [0.3, 0.4) is 0 Å². The first-order valence-corrected chi connectivity index (χ1v) is 8.23. The lowest BCUT2D eigenvalue weighted by Gasteiger charge is -2.41. The van der Waals surface area contributed by atoms with E-state index in [1.165, 1.54) is 16.7 Å². The van der Waals surface area contributed by atoms with Gasteiger partial charge in [0.1, 0.15) is 5.76 Å². The van der Waals surface area contributed by atoms with Crippen molar-refractivity contribution >= 4 is 0 Å². The van der Waals surface area contributed by atoms with Crippen molar-refractivity contribution in [1.29, 1.82) is 0 Å². The van der Waals surface area contributed by atoms with E-state index in [1.54, 1.807) is 14.2 Å². The maximum atomic E-state index is 6.47. The van der Waals surface area contributed by atoms with E-state index >= 15 is 0 Å². The molecule has 3 aliphatic carbocycles. The van der Waals surface area contributed by atoms with Gasteiger partial charge >= 0.3 is 0 Å². The average Bonchev–Trinajstić information content (AvgIpc) is 2.88. The lowest BCUT2D eigenvalue weighted by Crippen LogP contribution is -2.47. The third-order valence-electron chi connectivity index (χ3n) is 6.90. The quantitative estimate of drug-likeness (QED) is 0.784. The van der Waals surface area contributed by atoms with E-state index < -0.39 is 0 Å². The number of hydrogen-bond acceptors (Lipinski definition) is 4. The molecule has 5 atom stereocenters. The lowest BCUT2D eigenvalue weighted by atomic mass is 9.64. The van der Waals surface area contributed by atoms with Crippen LogP contribution in [-0.4, -0.2) is 43.9 Å². The van der Waals surface area contributed by atoms with Crippen molar-refractivity contribution in [2.45, 2.75) is 35.9 Å². The number of methoxy groups -OCH3 is 2. The number of hydrogen-bond donors (Lipinski definition) is 0. The number of rotatable bonds is 2. The lowest BCUT2D eigenvalue weighted by molar-refractivity contribution is 0.105. The number of nitrogens with zero attached hydrogens (tertiary/aromatic N) is 1. The minimum Gasteiger partial charge on any atom is -0.497 e. The summed E-state index contributed by atoms with van der Waals surface area (Å²) in [6.45, 7) is 0. The van der Waals surface area contributed by atoms with Gasteiger partial charge in [-0.05, 0) is 43.2 Å². The first kappa shape index (κ1) is 12.5. The Morgan fingerprint density at radius 2 is 2.09 bits per heavy atom. The Morgan fingerprint density at radius 3 is 2.87 bits per heavy atom. The van der Waals surface area contributed by atoms with Crippen LogP contribution < -0.4 is 9.47 Å². The number of allylic oxidation sites excluding steroid dienone is 2. The second-order valence-electron chi connectivity index (χ2n) is 7.47. The highest BCUT2D eigenvalue weighted by Gasteiger charge is 2.79. The molecule has 118 valence electrons. The fourth-order valence-electron chi connectivity index (χ4n) is 6.01. The summed E-state index contributed by atoms with van der Waals surface area (Å²) in [6.07, 6.45) is 6.59. The molecule has 1 aromatic rings. The maximum absolute atomic E-state index is 6.47. The number of likely N-dealkylation sites (N-methyl/N-ethyl adjacent to an activating group) is 1. The Morgan fingerprint density at radius 1 is 1.22 bits per heavy atom. The Bertz CT molecular complexity index is 841. The topological polar surface area (TPSA) is 30.7 Å². The Hall–Kier alpha value is -1.94. The Balaban J connectivity index is 1.70. The van der Waals surface area contributed by atoms with Crippen molar-refractivity contribution in [3.63, 3.8) is 0 Å². The number of piperidine rings is 1. The Labute approximate surface area is 135 Å². The normalized spacial score (nSPS) is 43.0. The van der Waals surface area contributed by atoms with Crippen LogP contribution in [0.1, 0.15) is 17.5 Å². The van der Waals surface area contributed by atoms with Gasteiger partial charge in [-0.2, -0.15) is 0 Å². The van der Waals surface area contributed by atoms with Gasteiger partial charge in [0.2, 0.25) is 0 Å². The molecule has 0 N–H and O–H groups in total. The molecule has 5 aliphatic rings. The van der Waals surface area contributed by atoms with Crippen molar-refractivity contribution in [3.05, 3.63) is 46.7 Å². The van der Waals surface area contributed by atoms with Crippen molar-refractivity contribution in [2.75, 3.05) is 21.3 Å². The summed E-state index contributed by atoms with van der Waals surface area (Å²) in [7, 11) is 5.72. The molecule has 2 fully saturated rings. The molecular weight excluding hydrogens is 290 g/mol. The van der Waals surface area contributed by atoms with E-state index in [4.69, 9.17) is 14.2 Å². The van der Waals surface area contributed by atoms with Gasteiger partial charge in [-0.3, -0.25) is 4.90 Å². The molecule has 4 nitrogen and oxygen atoms in total. The van der Waals surface area contributed by atoms with Crippen LogP contribution in [0.15, 0.2) is 35.6 Å². The van der Waals surface area contributed by atoms with Gasteiger partial charge in [-0.15, -0.1) is 0 Å². The number of fused-ring (bicyclic) bond motifs is 1. The smallest absolute Gasteiger partial charge is 0.169 e. The fourth-order valence-corrected chi connectivity index (χ4v) is 6.01. The molecule has 4 heteroatoms. The largest absolute Gasteiger partial charge is 0.497 e. The summed E-state index contributed by atoms with van der Waals surface area (Å²) in [6, 6.07) is 4.84. The molecule has 0 amide bonds. The molecule has 6 rings (SSSR count). The number of likely N-dealkylation sites (tertiary alicyclic amines) is 1. The highest BCUT2D eigenvalue weighted by molar-refractivity contribution is 5.72. The minimum absolute atomic E-state index is 0.0454. The van der Waals surface area contributed by atoms with E-state index in [2.05, 4.69) is 36.2 Å². The summed E-state index contributed by atoms with van der Waals surface area (Å²) < 4.78 is 17.7. The van der Waals surface area contributed by atoms with E-state index in [0.29, 0.717) is 6.04 Å². The summed E-state index contributed by atoms with van der Waals surface area (Å²) in [4.78, 5) is 2.54. The Kier molecular flexibility index (Phi) is 1.86. The maximum Gasteiger partial charge on any atom is 0.169 e. The monoisotopic (exact) mass is 309 g/mol. The molecule has 2 spiro atoms. The number of ether oxygens (including phenoxy) is 3. The van der Waals surface area contributed by atoms with E-state index in [0.717, 1.165) is 30.1 Å². The van der Waals surface area contributed by atoms with E-state index in [-0.39, 0.29) is 17.1 Å². The van der Waals surface area contributed by atoms with Gasteiger partial charge in [-0.25, -0.2) is 0 Å². The van der Waals surface area contributed by atoms with Gasteiger partial charge < -0.3 is 14.2 Å². The predicted octanol–water partition coefficient (Wildman–Crippen LogP) is 2.18. The summed E-state index contributed by atoms with van der Waals surface area (Å²) in [5.74, 6) is 2.70. The number of benzene rings is 1. The molecule has 1 saturated carbocycles. The van der Waals surface area contributed by atoms with Gasteiger partial charge in [0.15, 0.2) is 17.6 Å². The molecule has 1 aromatic carbocycles. The SMILES string of the molecule is COC1=CC=C2C3N(C)C34Cc3ccc(OC)c5c3C2(C4)C1O5. The zero-order valence-electron chi connectivity index (χ0n) is 13.6. The van der Waals surface area contributed by atoms with Crippen LogP contribution in [0.5, 0.6) is 11.5 Å². The van der Waals surface area contributed by atoms with Crippen molar-refractivity contribution < 1.29 is 14.2 Å². The third kappa shape index (κ3) is 1.05. The van der Waals surface area contributed by atoms with E-state index in [1.807, 2.05) is 0 Å². The second-order valence-corrected chi connectivity index (χ2v) is 7.47. The van der Waals surface area contributed by atoms with E-state index in [9.17, 15) is 0 Å². The zero-order valence-corrected chi connectivity index (χ0v) is 13.6. The molecule has 0 radical (unpaired) electrons. The highest BCUT2D eigenvalue weighted by Crippen LogP contribution is 2.74. The molecular formula is C19H19NO3. The predicted molar refractivity (Wildman–Crippen MR) is 84.9 cm³/mol. The molecule has 2 aliphatic heterocycles. The van der Waals surface area contributed by atoms with Crippen molar-refractivity contribution in [3.8, 4) is 11.5 Å². The van der Waals surface area contributed by atoms with Gasteiger partial charge in [0.05, 0.1) is 25.7 Å².